The average molecular weight is 242 g/mol. The molecule has 4 N–H and O–H groups in total. The van der Waals surface area contributed by atoms with Crippen LogP contribution in [0.4, 0.5) is 0 Å². The second-order valence-corrected chi connectivity index (χ2v) is 3.35. The van der Waals surface area contributed by atoms with Gasteiger partial charge in [-0.3, -0.25) is 0 Å². The van der Waals surface area contributed by atoms with Gasteiger partial charge in [0.25, 0.3) is 0 Å². The highest BCUT2D eigenvalue weighted by Gasteiger charge is 2.08. The third-order valence-corrected chi connectivity index (χ3v) is 2.19. The first kappa shape index (κ1) is 13.0. The van der Waals surface area contributed by atoms with Crippen molar-refractivity contribution in [3.63, 3.8) is 0 Å². The smallest absolute Gasteiger partial charge is 0.0455 e. The molecular weight excluding hydrogens is 230 g/mol. The van der Waals surface area contributed by atoms with Crippen molar-refractivity contribution in [2.45, 2.75) is 6.04 Å². The van der Waals surface area contributed by atoms with E-state index in [-0.39, 0.29) is 18.4 Å². The Balaban J connectivity index is 0.00000144. The highest BCUT2D eigenvalue weighted by molar-refractivity contribution is 6.33. The predicted octanol–water partition coefficient (Wildman–Crippen LogP) is 2.37. The second-order valence-electron chi connectivity index (χ2n) is 2.51. The maximum absolute atomic E-state index is 5.88. The quantitative estimate of drug-likeness (QED) is 0.835. The highest BCUT2D eigenvalue weighted by atomic mass is 35.5. The lowest BCUT2D eigenvalue weighted by Gasteiger charge is -2.10. The largest absolute Gasteiger partial charge is 0.329 e. The number of halogens is 3. The molecular formula is C8H11Cl3N2. The van der Waals surface area contributed by atoms with Crippen molar-refractivity contribution in [2.75, 3.05) is 6.54 Å². The van der Waals surface area contributed by atoms with Gasteiger partial charge in [0.1, 0.15) is 0 Å². The van der Waals surface area contributed by atoms with Crippen LogP contribution in [0, 0.1) is 0 Å². The predicted molar refractivity (Wildman–Crippen MR) is 59.7 cm³/mol. The number of benzene rings is 1. The maximum Gasteiger partial charge on any atom is 0.0455 e. The molecule has 0 unspecified atom stereocenters. The van der Waals surface area contributed by atoms with E-state index < -0.39 is 0 Å². The van der Waals surface area contributed by atoms with Gasteiger partial charge in [-0.2, -0.15) is 0 Å². The monoisotopic (exact) mass is 240 g/mol. The number of hydrogen-bond acceptors (Lipinski definition) is 2. The molecule has 5 heteroatoms. The molecule has 2 nitrogen and oxygen atoms in total. The van der Waals surface area contributed by atoms with E-state index in [1.807, 2.05) is 0 Å². The third kappa shape index (κ3) is 3.33. The standard InChI is InChI=1S/C8H10Cl2N2.ClH/c9-5-1-2-7(10)6(3-5)8(12)4-11;/h1-3,8H,4,11-12H2;1H/t8-;/m0./s1. The third-order valence-electron chi connectivity index (χ3n) is 1.61. The van der Waals surface area contributed by atoms with Crippen LogP contribution in [0.25, 0.3) is 0 Å². The molecule has 1 rings (SSSR count). The molecule has 0 saturated carbocycles. The summed E-state index contributed by atoms with van der Waals surface area (Å²) in [5.41, 5.74) is 11.9. The van der Waals surface area contributed by atoms with Crippen LogP contribution in [0.15, 0.2) is 18.2 Å². The SMILES string of the molecule is Cl.NC[C@H](N)c1cc(Cl)ccc1Cl. The lowest BCUT2D eigenvalue weighted by Crippen LogP contribution is -2.20. The Morgan fingerprint density at radius 2 is 1.92 bits per heavy atom. The van der Waals surface area contributed by atoms with Crippen molar-refractivity contribution < 1.29 is 0 Å². The van der Waals surface area contributed by atoms with Gasteiger partial charge in [0.05, 0.1) is 0 Å². The lowest BCUT2D eigenvalue weighted by molar-refractivity contribution is 0.737. The molecule has 0 fully saturated rings. The minimum atomic E-state index is -0.240. The molecule has 1 aromatic rings. The van der Waals surface area contributed by atoms with Crippen LogP contribution in [0.5, 0.6) is 0 Å². The van der Waals surface area contributed by atoms with Crippen molar-refractivity contribution in [2.24, 2.45) is 11.5 Å². The lowest BCUT2D eigenvalue weighted by atomic mass is 10.1. The molecule has 0 saturated heterocycles. The molecule has 0 aliphatic carbocycles. The van der Waals surface area contributed by atoms with Crippen LogP contribution in [-0.4, -0.2) is 6.54 Å². The zero-order valence-corrected chi connectivity index (χ0v) is 9.16. The summed E-state index contributed by atoms with van der Waals surface area (Å²) in [6, 6.07) is 4.93. The van der Waals surface area contributed by atoms with Crippen molar-refractivity contribution in [3.8, 4) is 0 Å². The van der Waals surface area contributed by atoms with Crippen molar-refractivity contribution in [3.05, 3.63) is 33.8 Å². The van der Waals surface area contributed by atoms with Crippen LogP contribution in [0.3, 0.4) is 0 Å². The number of hydrogen-bond donors (Lipinski definition) is 2. The molecule has 0 aromatic heterocycles. The normalized spacial score (nSPS) is 12.0. The van der Waals surface area contributed by atoms with Gasteiger partial charge in [0, 0.05) is 22.6 Å². The summed E-state index contributed by atoms with van der Waals surface area (Å²) < 4.78 is 0. The topological polar surface area (TPSA) is 52.0 Å². The molecule has 74 valence electrons. The molecule has 0 spiro atoms. The molecule has 1 aromatic carbocycles. The van der Waals surface area contributed by atoms with E-state index in [0.717, 1.165) is 5.56 Å². The van der Waals surface area contributed by atoms with Crippen LogP contribution < -0.4 is 11.5 Å². The van der Waals surface area contributed by atoms with Gasteiger partial charge in [-0.1, -0.05) is 23.2 Å². The van der Waals surface area contributed by atoms with Gasteiger partial charge in [-0.05, 0) is 23.8 Å². The number of nitrogens with two attached hydrogens (primary N) is 2. The van der Waals surface area contributed by atoms with Gasteiger partial charge < -0.3 is 11.5 Å². The van der Waals surface area contributed by atoms with E-state index >= 15 is 0 Å². The summed E-state index contributed by atoms with van der Waals surface area (Å²) in [6.07, 6.45) is 0. The van der Waals surface area contributed by atoms with Crippen molar-refractivity contribution in [1.29, 1.82) is 0 Å². The van der Waals surface area contributed by atoms with E-state index in [9.17, 15) is 0 Å². The van der Waals surface area contributed by atoms with Crippen LogP contribution in [0.2, 0.25) is 10.0 Å². The molecule has 13 heavy (non-hydrogen) atoms. The van der Waals surface area contributed by atoms with Gasteiger partial charge in [0.2, 0.25) is 0 Å². The van der Waals surface area contributed by atoms with E-state index in [2.05, 4.69) is 0 Å². The molecule has 0 aliphatic rings. The zero-order valence-electron chi connectivity index (χ0n) is 6.84. The molecule has 0 radical (unpaired) electrons. The Morgan fingerprint density at radius 1 is 1.31 bits per heavy atom. The molecule has 0 heterocycles. The van der Waals surface area contributed by atoms with E-state index in [4.69, 9.17) is 34.7 Å². The van der Waals surface area contributed by atoms with Crippen LogP contribution >= 0.6 is 35.6 Å². The average Bonchev–Trinajstić information content (AvgIpc) is 2.08. The van der Waals surface area contributed by atoms with E-state index in [1.165, 1.54) is 0 Å². The van der Waals surface area contributed by atoms with Crippen LogP contribution in [0.1, 0.15) is 11.6 Å². The molecule has 0 bridgehead atoms. The second kappa shape index (κ2) is 5.68. The van der Waals surface area contributed by atoms with Gasteiger partial charge in [-0.15, -0.1) is 12.4 Å². The Bertz CT molecular complexity index is 278. The molecule has 0 aliphatic heterocycles. The van der Waals surface area contributed by atoms with Crippen LogP contribution in [-0.2, 0) is 0 Å². The summed E-state index contributed by atoms with van der Waals surface area (Å²) in [5.74, 6) is 0. The Labute approximate surface area is 93.6 Å². The van der Waals surface area contributed by atoms with Crippen molar-refractivity contribution in [1.82, 2.24) is 0 Å². The first-order valence-electron chi connectivity index (χ1n) is 3.55. The van der Waals surface area contributed by atoms with Gasteiger partial charge in [0.15, 0.2) is 0 Å². The Kier molecular flexibility index (Phi) is 5.68. The minimum absolute atomic E-state index is 0. The fourth-order valence-corrected chi connectivity index (χ4v) is 1.36. The highest BCUT2D eigenvalue weighted by Crippen LogP contribution is 2.24. The fourth-order valence-electron chi connectivity index (χ4n) is 0.926. The molecule has 1 atom stereocenters. The zero-order chi connectivity index (χ0) is 9.14. The number of rotatable bonds is 2. The maximum atomic E-state index is 5.88. The summed E-state index contributed by atoms with van der Waals surface area (Å²) in [5, 5.41) is 1.23. The Hall–Kier alpha value is 0.01000. The molecule has 0 amide bonds. The van der Waals surface area contributed by atoms with Crippen molar-refractivity contribution >= 4 is 35.6 Å². The van der Waals surface area contributed by atoms with E-state index in [1.54, 1.807) is 18.2 Å². The van der Waals surface area contributed by atoms with Gasteiger partial charge in [-0.25, -0.2) is 0 Å². The minimum Gasteiger partial charge on any atom is -0.329 e. The summed E-state index contributed by atoms with van der Waals surface area (Å²) in [6.45, 7) is 0.361. The first-order valence-corrected chi connectivity index (χ1v) is 4.31. The first-order chi connectivity index (χ1) is 5.65. The summed E-state index contributed by atoms with van der Waals surface area (Å²) >= 11 is 11.6. The van der Waals surface area contributed by atoms with Gasteiger partial charge >= 0.3 is 0 Å². The Morgan fingerprint density at radius 3 is 2.46 bits per heavy atom. The fraction of sp³-hybridized carbons (Fsp3) is 0.250. The van der Waals surface area contributed by atoms with E-state index in [0.29, 0.717) is 16.6 Å². The summed E-state index contributed by atoms with van der Waals surface area (Å²) in [4.78, 5) is 0. The summed E-state index contributed by atoms with van der Waals surface area (Å²) in [7, 11) is 0.